The lowest BCUT2D eigenvalue weighted by atomic mass is 10.1. The van der Waals surface area contributed by atoms with Gasteiger partial charge in [-0.05, 0) is 30.4 Å². The van der Waals surface area contributed by atoms with Gasteiger partial charge in [-0.15, -0.1) is 0 Å². The van der Waals surface area contributed by atoms with Gasteiger partial charge < -0.3 is 10.6 Å². The number of nitriles is 1. The zero-order chi connectivity index (χ0) is 17.7. The lowest BCUT2D eigenvalue weighted by molar-refractivity contribution is -0.117. The van der Waals surface area contributed by atoms with Crippen LogP contribution in [0.2, 0.25) is 0 Å². The fourth-order valence-corrected chi connectivity index (χ4v) is 2.42. The molecule has 0 aromatic heterocycles. The molecule has 2 aromatic carbocycles. The molecule has 0 bridgehead atoms. The number of amides is 1. The maximum atomic E-state index is 12.0. The van der Waals surface area contributed by atoms with E-state index in [0.29, 0.717) is 6.54 Å². The monoisotopic (exact) mass is 333 g/mol. The molecule has 4 heteroatoms. The third-order valence-electron chi connectivity index (χ3n) is 3.78. The lowest BCUT2D eigenvalue weighted by Crippen LogP contribution is -2.27. The van der Waals surface area contributed by atoms with Crippen molar-refractivity contribution < 1.29 is 4.79 Å². The Kier molecular flexibility index (Phi) is 7.80. The van der Waals surface area contributed by atoms with E-state index in [4.69, 9.17) is 5.26 Å². The van der Waals surface area contributed by atoms with Crippen LogP contribution in [0.3, 0.4) is 0 Å². The highest BCUT2D eigenvalue weighted by Gasteiger charge is 2.07. The third-order valence-corrected chi connectivity index (χ3v) is 3.78. The van der Waals surface area contributed by atoms with Gasteiger partial charge in [0.1, 0.15) is 11.6 Å². The molecule has 0 spiro atoms. The summed E-state index contributed by atoms with van der Waals surface area (Å²) >= 11 is 0. The Morgan fingerprint density at radius 2 is 1.52 bits per heavy atom. The summed E-state index contributed by atoms with van der Waals surface area (Å²) in [6, 6.07) is 22.1. The van der Waals surface area contributed by atoms with Crippen molar-refractivity contribution in [3.8, 4) is 6.07 Å². The number of nitrogens with one attached hydrogen (secondary N) is 2. The van der Waals surface area contributed by atoms with Gasteiger partial charge >= 0.3 is 0 Å². The molecule has 0 unspecified atom stereocenters. The number of hydrogen-bond donors (Lipinski definition) is 2. The van der Waals surface area contributed by atoms with E-state index in [-0.39, 0.29) is 11.5 Å². The molecule has 2 aromatic rings. The van der Waals surface area contributed by atoms with Gasteiger partial charge in [0.15, 0.2) is 0 Å². The fourth-order valence-electron chi connectivity index (χ4n) is 2.42. The molecule has 0 saturated carbocycles. The molecular weight excluding hydrogens is 310 g/mol. The standard InChI is InChI=1S/C21H23N3O/c22-16-20(17-23-14-7-12-18-8-3-1-4-9-18)21(25)24-15-13-19-10-5-2-6-11-19/h1-6,8-11,17,23H,7,12-15H2,(H,24,25)/b20-17-. The van der Waals surface area contributed by atoms with E-state index >= 15 is 0 Å². The average Bonchev–Trinajstić information content (AvgIpc) is 2.66. The molecule has 2 N–H and O–H groups in total. The minimum Gasteiger partial charge on any atom is -0.390 e. The molecule has 0 atom stereocenters. The first-order valence-electron chi connectivity index (χ1n) is 8.49. The number of carbonyl (C=O) groups is 1. The largest absolute Gasteiger partial charge is 0.390 e. The highest BCUT2D eigenvalue weighted by molar-refractivity contribution is 5.97. The number of rotatable bonds is 9. The molecule has 0 saturated heterocycles. The number of aryl methyl sites for hydroxylation is 1. The van der Waals surface area contributed by atoms with E-state index in [1.54, 1.807) is 0 Å². The summed E-state index contributed by atoms with van der Waals surface area (Å²) in [5.74, 6) is -0.339. The van der Waals surface area contributed by atoms with Crippen molar-refractivity contribution in [2.75, 3.05) is 13.1 Å². The zero-order valence-corrected chi connectivity index (χ0v) is 14.2. The first-order valence-corrected chi connectivity index (χ1v) is 8.49. The quantitative estimate of drug-likeness (QED) is 0.421. The summed E-state index contributed by atoms with van der Waals surface area (Å²) in [5, 5.41) is 15.0. The van der Waals surface area contributed by atoms with Crippen LogP contribution in [0.25, 0.3) is 0 Å². The summed E-state index contributed by atoms with van der Waals surface area (Å²) in [7, 11) is 0. The Hall–Kier alpha value is -3.06. The van der Waals surface area contributed by atoms with Crippen molar-refractivity contribution in [2.45, 2.75) is 19.3 Å². The SMILES string of the molecule is N#C/C(=C/NCCCc1ccccc1)C(=O)NCCc1ccccc1. The van der Waals surface area contributed by atoms with E-state index in [2.05, 4.69) is 22.8 Å². The number of nitrogens with zero attached hydrogens (tertiary/aromatic N) is 1. The predicted molar refractivity (Wildman–Crippen MR) is 99.6 cm³/mol. The fraction of sp³-hybridized carbons (Fsp3) is 0.238. The van der Waals surface area contributed by atoms with Crippen LogP contribution in [0.4, 0.5) is 0 Å². The second kappa shape index (κ2) is 10.7. The van der Waals surface area contributed by atoms with Crippen LogP contribution < -0.4 is 10.6 Å². The molecule has 0 aliphatic rings. The van der Waals surface area contributed by atoms with Crippen molar-refractivity contribution in [1.29, 1.82) is 5.26 Å². The maximum Gasteiger partial charge on any atom is 0.263 e. The molecule has 0 heterocycles. The molecule has 0 fully saturated rings. The summed E-state index contributed by atoms with van der Waals surface area (Å²) < 4.78 is 0. The smallest absolute Gasteiger partial charge is 0.263 e. The minimum atomic E-state index is -0.339. The second-order valence-corrected chi connectivity index (χ2v) is 5.70. The Morgan fingerprint density at radius 1 is 0.920 bits per heavy atom. The van der Waals surface area contributed by atoms with Gasteiger partial charge in [0.2, 0.25) is 0 Å². The van der Waals surface area contributed by atoms with E-state index in [9.17, 15) is 4.79 Å². The van der Waals surface area contributed by atoms with E-state index < -0.39 is 0 Å². The van der Waals surface area contributed by atoms with Crippen molar-refractivity contribution >= 4 is 5.91 Å². The van der Waals surface area contributed by atoms with E-state index in [1.807, 2.05) is 54.6 Å². The van der Waals surface area contributed by atoms with Crippen LogP contribution >= 0.6 is 0 Å². The van der Waals surface area contributed by atoms with Gasteiger partial charge in [0.25, 0.3) is 5.91 Å². The molecule has 128 valence electrons. The molecular formula is C21H23N3O. The second-order valence-electron chi connectivity index (χ2n) is 5.70. The minimum absolute atomic E-state index is 0.104. The summed E-state index contributed by atoms with van der Waals surface area (Å²) in [6.07, 6.45) is 4.15. The Labute approximate surface area is 149 Å². The number of hydrogen-bond acceptors (Lipinski definition) is 3. The van der Waals surface area contributed by atoms with Crippen molar-refractivity contribution in [1.82, 2.24) is 10.6 Å². The first-order chi connectivity index (χ1) is 12.3. The highest BCUT2D eigenvalue weighted by atomic mass is 16.1. The summed E-state index contributed by atoms with van der Waals surface area (Å²) in [4.78, 5) is 12.0. The van der Waals surface area contributed by atoms with Gasteiger partial charge in [0, 0.05) is 19.3 Å². The van der Waals surface area contributed by atoms with Gasteiger partial charge in [-0.2, -0.15) is 5.26 Å². The van der Waals surface area contributed by atoms with Gasteiger partial charge in [0.05, 0.1) is 0 Å². The number of benzene rings is 2. The molecule has 1 amide bonds. The Morgan fingerprint density at radius 3 is 2.12 bits per heavy atom. The van der Waals surface area contributed by atoms with Crippen LogP contribution in [0, 0.1) is 11.3 Å². The van der Waals surface area contributed by atoms with Crippen LogP contribution in [0.5, 0.6) is 0 Å². The molecule has 0 radical (unpaired) electrons. The van der Waals surface area contributed by atoms with E-state index in [0.717, 1.165) is 31.4 Å². The average molecular weight is 333 g/mol. The van der Waals surface area contributed by atoms with Crippen LogP contribution in [-0.2, 0) is 17.6 Å². The number of carbonyl (C=O) groups excluding carboxylic acids is 1. The van der Waals surface area contributed by atoms with Crippen LogP contribution in [0.1, 0.15) is 17.5 Å². The van der Waals surface area contributed by atoms with Crippen molar-refractivity contribution in [2.24, 2.45) is 0 Å². The summed E-state index contributed by atoms with van der Waals surface area (Å²) in [5.41, 5.74) is 2.55. The van der Waals surface area contributed by atoms with Gasteiger partial charge in [-0.1, -0.05) is 60.7 Å². The predicted octanol–water partition coefficient (Wildman–Crippen LogP) is 2.98. The van der Waals surface area contributed by atoms with Gasteiger partial charge in [-0.3, -0.25) is 4.79 Å². The lowest BCUT2D eigenvalue weighted by Gasteiger charge is -2.06. The Bertz CT molecular complexity index is 718. The zero-order valence-electron chi connectivity index (χ0n) is 14.2. The maximum absolute atomic E-state index is 12.0. The molecule has 2 rings (SSSR count). The van der Waals surface area contributed by atoms with Gasteiger partial charge in [-0.25, -0.2) is 0 Å². The molecule has 0 aliphatic carbocycles. The van der Waals surface area contributed by atoms with E-state index in [1.165, 1.54) is 11.8 Å². The van der Waals surface area contributed by atoms with Crippen LogP contribution in [-0.4, -0.2) is 19.0 Å². The summed E-state index contributed by atoms with van der Waals surface area (Å²) in [6.45, 7) is 1.23. The normalized spacial score (nSPS) is 10.8. The van der Waals surface area contributed by atoms with Crippen molar-refractivity contribution in [3.05, 3.63) is 83.6 Å². The third kappa shape index (κ3) is 6.92. The molecule has 0 aliphatic heterocycles. The molecule has 25 heavy (non-hydrogen) atoms. The topological polar surface area (TPSA) is 64.9 Å². The van der Waals surface area contributed by atoms with Crippen molar-refractivity contribution in [3.63, 3.8) is 0 Å². The highest BCUT2D eigenvalue weighted by Crippen LogP contribution is 2.02. The first kappa shape index (κ1) is 18.3. The Balaban J connectivity index is 1.68. The van der Waals surface area contributed by atoms with Crippen LogP contribution in [0.15, 0.2) is 72.4 Å². The molecule has 4 nitrogen and oxygen atoms in total.